The van der Waals surface area contributed by atoms with Crippen molar-refractivity contribution in [3.63, 3.8) is 0 Å². The summed E-state index contributed by atoms with van der Waals surface area (Å²) in [5.41, 5.74) is 2.22. The Labute approximate surface area is 225 Å². The third kappa shape index (κ3) is 5.88. The molecule has 1 aromatic heterocycles. The van der Waals surface area contributed by atoms with E-state index in [2.05, 4.69) is 28.2 Å². The Hall–Kier alpha value is -3.59. The smallest absolute Gasteiger partial charge is 0.321 e. The molecule has 6 nitrogen and oxygen atoms in total. The summed E-state index contributed by atoms with van der Waals surface area (Å²) in [5, 5.41) is 11.3. The molecule has 0 aliphatic carbocycles. The van der Waals surface area contributed by atoms with E-state index in [9.17, 15) is 27.9 Å². The number of hydrogen-bond acceptors (Lipinski definition) is 3. The molecule has 3 aromatic rings. The maximum atomic E-state index is 13.9. The number of H-pyrrole nitrogens is 1. The zero-order chi connectivity index (χ0) is 27.5. The number of benzene rings is 2. The molecule has 2 aliphatic heterocycles. The van der Waals surface area contributed by atoms with Crippen molar-refractivity contribution in [2.75, 3.05) is 26.2 Å². The van der Waals surface area contributed by atoms with E-state index in [0.717, 1.165) is 62.2 Å². The van der Waals surface area contributed by atoms with Crippen LogP contribution in [0.3, 0.4) is 0 Å². The number of aromatic nitrogens is 1. The van der Waals surface area contributed by atoms with Gasteiger partial charge in [-0.15, -0.1) is 0 Å². The van der Waals surface area contributed by atoms with E-state index in [1.807, 2.05) is 12.1 Å². The number of fused-ring (bicyclic) bond motifs is 1. The summed E-state index contributed by atoms with van der Waals surface area (Å²) in [7, 11) is 0. The van der Waals surface area contributed by atoms with Crippen LogP contribution >= 0.6 is 0 Å². The number of aliphatic carboxylic acids is 1. The van der Waals surface area contributed by atoms with E-state index in [0.29, 0.717) is 31.8 Å². The number of rotatable bonds is 7. The number of piperidine rings is 2. The molecule has 1 unspecified atom stereocenters. The van der Waals surface area contributed by atoms with Gasteiger partial charge in [-0.2, -0.15) is 0 Å². The number of aromatic amines is 1. The van der Waals surface area contributed by atoms with E-state index in [4.69, 9.17) is 0 Å². The second kappa shape index (κ2) is 11.7. The first-order valence-electron chi connectivity index (χ1n) is 13.4. The number of halogens is 3. The van der Waals surface area contributed by atoms with Crippen molar-refractivity contribution in [3.8, 4) is 0 Å². The minimum atomic E-state index is -1.58. The van der Waals surface area contributed by atoms with Gasteiger partial charge in [-0.1, -0.05) is 18.2 Å². The van der Waals surface area contributed by atoms with Crippen LogP contribution in [0.25, 0.3) is 17.0 Å². The molecule has 2 N–H and O–H groups in total. The van der Waals surface area contributed by atoms with Gasteiger partial charge in [0.15, 0.2) is 17.5 Å². The fourth-order valence-electron chi connectivity index (χ4n) is 6.07. The number of hydrogen-bond donors (Lipinski definition) is 2. The first-order valence-corrected chi connectivity index (χ1v) is 13.4. The molecule has 0 bridgehead atoms. The molecular weight excluding hydrogens is 507 g/mol. The minimum absolute atomic E-state index is 0.0793. The molecule has 1 amide bonds. The van der Waals surface area contributed by atoms with Crippen molar-refractivity contribution in [1.29, 1.82) is 0 Å². The summed E-state index contributed by atoms with van der Waals surface area (Å²) >= 11 is 0. The Morgan fingerprint density at radius 2 is 1.69 bits per heavy atom. The SMILES string of the molecule is O=C(O)C(C1CCN(C(=O)C=Cc2ccc(F)c(F)c2F)CC1)N1CCC(Cc2c[nH]c3ccccc23)CC1. The van der Waals surface area contributed by atoms with Crippen molar-refractivity contribution >= 4 is 28.9 Å². The maximum absolute atomic E-state index is 13.9. The monoisotopic (exact) mass is 539 g/mol. The van der Waals surface area contributed by atoms with Gasteiger partial charge in [-0.05, 0) is 86.9 Å². The third-order valence-electron chi connectivity index (χ3n) is 8.25. The molecule has 5 rings (SSSR count). The largest absolute Gasteiger partial charge is 0.480 e. The average Bonchev–Trinajstić information content (AvgIpc) is 3.35. The van der Waals surface area contributed by atoms with Crippen molar-refractivity contribution in [3.05, 3.63) is 77.2 Å². The van der Waals surface area contributed by atoms with Gasteiger partial charge in [0, 0.05) is 41.8 Å². The quantitative estimate of drug-likeness (QED) is 0.318. The van der Waals surface area contributed by atoms with E-state index in [1.54, 1.807) is 4.90 Å². The van der Waals surface area contributed by atoms with Crippen LogP contribution in [0.5, 0.6) is 0 Å². The highest BCUT2D eigenvalue weighted by molar-refractivity contribution is 5.92. The Bertz CT molecular complexity index is 1370. The van der Waals surface area contributed by atoms with E-state index in [1.165, 1.54) is 10.9 Å². The summed E-state index contributed by atoms with van der Waals surface area (Å²) in [5.74, 6) is -4.99. The fraction of sp³-hybridized carbons (Fsp3) is 0.400. The highest BCUT2D eigenvalue weighted by atomic mass is 19.2. The molecule has 2 fully saturated rings. The van der Waals surface area contributed by atoms with Gasteiger partial charge in [0.25, 0.3) is 0 Å². The van der Waals surface area contributed by atoms with Crippen molar-refractivity contribution in [1.82, 2.24) is 14.8 Å². The number of carbonyl (C=O) groups excluding carboxylic acids is 1. The van der Waals surface area contributed by atoms with Gasteiger partial charge in [-0.3, -0.25) is 14.5 Å². The Kier molecular flexibility index (Phi) is 8.07. The molecule has 206 valence electrons. The number of carboxylic acid groups (broad SMARTS) is 1. The molecule has 1 atom stereocenters. The van der Waals surface area contributed by atoms with Crippen LogP contribution in [0, 0.1) is 29.3 Å². The number of carbonyl (C=O) groups is 2. The van der Waals surface area contributed by atoms with Crippen LogP contribution in [-0.2, 0) is 16.0 Å². The van der Waals surface area contributed by atoms with Crippen LogP contribution in [0.1, 0.15) is 36.8 Å². The average molecular weight is 540 g/mol. The number of nitrogens with one attached hydrogen (secondary N) is 1. The topological polar surface area (TPSA) is 76.6 Å². The summed E-state index contributed by atoms with van der Waals surface area (Å²) in [6.07, 6.45) is 8.29. The normalized spacial score (nSPS) is 18.7. The van der Waals surface area contributed by atoms with Crippen LogP contribution in [-0.4, -0.2) is 64.0 Å². The zero-order valence-electron chi connectivity index (χ0n) is 21.6. The highest BCUT2D eigenvalue weighted by Crippen LogP contribution is 2.31. The molecule has 2 aromatic carbocycles. The Balaban J connectivity index is 1.14. The number of nitrogens with zero attached hydrogens (tertiary/aromatic N) is 2. The highest BCUT2D eigenvalue weighted by Gasteiger charge is 2.38. The van der Waals surface area contributed by atoms with Gasteiger partial charge < -0.3 is 15.0 Å². The van der Waals surface area contributed by atoms with Crippen LogP contribution in [0.2, 0.25) is 0 Å². The van der Waals surface area contributed by atoms with Gasteiger partial charge in [0.05, 0.1) is 0 Å². The molecule has 0 spiro atoms. The molecule has 3 heterocycles. The molecule has 39 heavy (non-hydrogen) atoms. The Morgan fingerprint density at radius 3 is 2.41 bits per heavy atom. The maximum Gasteiger partial charge on any atom is 0.321 e. The van der Waals surface area contributed by atoms with Crippen LogP contribution < -0.4 is 0 Å². The van der Waals surface area contributed by atoms with Gasteiger partial charge in [0.1, 0.15) is 6.04 Å². The van der Waals surface area contributed by atoms with Gasteiger partial charge in [-0.25, -0.2) is 13.2 Å². The standard InChI is InChI=1S/C30H32F3N3O3/c31-24-7-5-20(27(32)28(24)33)6-8-26(37)35-15-11-21(12-16-35)29(30(38)39)36-13-9-19(10-14-36)17-22-18-34-25-4-2-1-3-23(22)25/h1-8,18-19,21,29,34H,9-17H2,(H,38,39). The lowest BCUT2D eigenvalue weighted by Crippen LogP contribution is -2.52. The predicted molar refractivity (Wildman–Crippen MR) is 142 cm³/mol. The first-order chi connectivity index (χ1) is 18.8. The van der Waals surface area contributed by atoms with Crippen LogP contribution in [0.15, 0.2) is 48.7 Å². The van der Waals surface area contributed by atoms with Gasteiger partial charge >= 0.3 is 5.97 Å². The summed E-state index contributed by atoms with van der Waals surface area (Å²) in [6, 6.07) is 9.55. The van der Waals surface area contributed by atoms with Crippen LogP contribution in [0.4, 0.5) is 13.2 Å². The molecule has 2 aliphatic rings. The number of carboxylic acids is 1. The van der Waals surface area contributed by atoms with Crippen molar-refractivity contribution < 1.29 is 27.9 Å². The molecular formula is C30H32F3N3O3. The third-order valence-corrected chi connectivity index (χ3v) is 8.25. The lowest BCUT2D eigenvalue weighted by molar-refractivity contribution is -0.147. The number of likely N-dealkylation sites (tertiary alicyclic amines) is 2. The van der Waals surface area contributed by atoms with Crippen molar-refractivity contribution in [2.45, 2.75) is 38.1 Å². The molecule has 0 radical (unpaired) electrons. The first kappa shape index (κ1) is 27.0. The second-order valence-corrected chi connectivity index (χ2v) is 10.6. The fourth-order valence-corrected chi connectivity index (χ4v) is 6.07. The summed E-state index contributed by atoms with van der Waals surface area (Å²) < 4.78 is 40.4. The van der Waals surface area contributed by atoms with Crippen molar-refractivity contribution in [2.24, 2.45) is 11.8 Å². The summed E-state index contributed by atoms with van der Waals surface area (Å²) in [6.45, 7) is 2.22. The molecule has 2 saturated heterocycles. The molecule has 0 saturated carbocycles. The summed E-state index contributed by atoms with van der Waals surface area (Å²) in [4.78, 5) is 31.9. The lowest BCUT2D eigenvalue weighted by Gasteiger charge is -2.41. The van der Waals surface area contributed by atoms with E-state index >= 15 is 0 Å². The zero-order valence-corrected chi connectivity index (χ0v) is 21.6. The minimum Gasteiger partial charge on any atom is -0.480 e. The van der Waals surface area contributed by atoms with Gasteiger partial charge in [0.2, 0.25) is 5.91 Å². The molecule has 9 heteroatoms. The predicted octanol–water partition coefficient (Wildman–Crippen LogP) is 5.24. The lowest BCUT2D eigenvalue weighted by atomic mass is 9.85. The Morgan fingerprint density at radius 1 is 0.974 bits per heavy atom. The number of amides is 1. The van der Waals surface area contributed by atoms with E-state index < -0.39 is 29.5 Å². The van der Waals surface area contributed by atoms with E-state index in [-0.39, 0.29) is 17.4 Å². The number of para-hydroxylation sites is 1. The second-order valence-electron chi connectivity index (χ2n) is 10.6.